The molecule has 1 saturated heterocycles. The van der Waals surface area contributed by atoms with Gasteiger partial charge in [0.2, 0.25) is 0 Å². The summed E-state index contributed by atoms with van der Waals surface area (Å²) >= 11 is 0. The first-order valence-corrected chi connectivity index (χ1v) is 13.0. The minimum Gasteiger partial charge on any atom is -0.497 e. The Morgan fingerprint density at radius 2 is 1.76 bits per heavy atom. The number of pyridine rings is 1. The Hall–Kier alpha value is -2.75. The topological polar surface area (TPSA) is 74.6 Å². The minimum atomic E-state index is -0.986. The zero-order valence-corrected chi connectivity index (χ0v) is 21.5. The van der Waals surface area contributed by atoms with Gasteiger partial charge in [0.1, 0.15) is 29.9 Å². The van der Waals surface area contributed by atoms with E-state index in [2.05, 4.69) is 10.3 Å². The second-order valence-electron chi connectivity index (χ2n) is 10.1. The zero-order valence-electron chi connectivity index (χ0n) is 21.5. The zero-order chi connectivity index (χ0) is 27.3. The highest BCUT2D eigenvalue weighted by molar-refractivity contribution is 5.85. The van der Waals surface area contributed by atoms with Gasteiger partial charge in [0.15, 0.2) is 0 Å². The normalized spacial score (nSPS) is 16.9. The summed E-state index contributed by atoms with van der Waals surface area (Å²) in [5.41, 5.74) is 0.697. The fourth-order valence-electron chi connectivity index (χ4n) is 5.69. The van der Waals surface area contributed by atoms with E-state index >= 15 is 0 Å². The van der Waals surface area contributed by atoms with Crippen LogP contribution in [-0.4, -0.2) is 41.5 Å². The van der Waals surface area contributed by atoms with Crippen molar-refractivity contribution in [3.05, 3.63) is 70.7 Å². The Kier molecular flexibility index (Phi) is 9.23. The number of halogens is 4. The Labute approximate surface area is 219 Å². The van der Waals surface area contributed by atoms with Crippen LogP contribution >= 0.6 is 0 Å². The van der Waals surface area contributed by atoms with Gasteiger partial charge in [-0.05, 0) is 87.2 Å². The van der Waals surface area contributed by atoms with Gasteiger partial charge in [-0.3, -0.25) is 4.98 Å². The number of fused-ring (bicyclic) bond motifs is 1. The average Bonchev–Trinajstić information content (AvgIpc) is 2.92. The molecule has 1 aliphatic heterocycles. The maximum Gasteiger partial charge on any atom is 0.132 e. The standard InChI is InChI=1S/C29H34F4N2O3/c1-38-20-5-6-25-22(15-20)28(18(16-30)17-35-25)26(36)7-8-29(9-11-34-12-10-29)27(37)4-2-3-21-23(32)13-19(31)14-24(21)33/h5-6,13-15,17,26-27,34,36-37H,2-4,7-12,16H2,1H3/t26-,27+/m1/s1. The predicted molar refractivity (Wildman–Crippen MR) is 137 cm³/mol. The number of nitrogens with zero attached hydrogens (tertiary/aromatic N) is 1. The van der Waals surface area contributed by atoms with Crippen LogP contribution in [0.3, 0.4) is 0 Å². The van der Waals surface area contributed by atoms with E-state index in [9.17, 15) is 27.8 Å². The molecule has 0 bridgehead atoms. The van der Waals surface area contributed by atoms with E-state index in [1.54, 1.807) is 18.2 Å². The summed E-state index contributed by atoms with van der Waals surface area (Å²) in [4.78, 5) is 4.31. The highest BCUT2D eigenvalue weighted by atomic mass is 19.1. The lowest BCUT2D eigenvalue weighted by Gasteiger charge is -2.42. The molecule has 206 valence electrons. The van der Waals surface area contributed by atoms with Crippen LogP contribution in [0.5, 0.6) is 5.75 Å². The molecular weight excluding hydrogens is 500 g/mol. The van der Waals surface area contributed by atoms with E-state index in [1.807, 2.05) is 0 Å². The lowest BCUT2D eigenvalue weighted by Crippen LogP contribution is -2.44. The van der Waals surface area contributed by atoms with Crippen LogP contribution in [0.15, 0.2) is 36.5 Å². The molecule has 0 spiro atoms. The molecule has 5 nitrogen and oxygen atoms in total. The summed E-state index contributed by atoms with van der Waals surface area (Å²) in [6, 6.07) is 6.58. The lowest BCUT2D eigenvalue weighted by atomic mass is 9.69. The van der Waals surface area contributed by atoms with Crippen molar-refractivity contribution >= 4 is 10.9 Å². The minimum absolute atomic E-state index is 0.0384. The smallest absolute Gasteiger partial charge is 0.132 e. The van der Waals surface area contributed by atoms with Crippen molar-refractivity contribution in [1.82, 2.24) is 10.3 Å². The third-order valence-electron chi connectivity index (χ3n) is 7.91. The molecule has 9 heteroatoms. The molecule has 0 radical (unpaired) electrons. The third-order valence-corrected chi connectivity index (χ3v) is 7.91. The van der Waals surface area contributed by atoms with E-state index in [0.29, 0.717) is 91.5 Å². The molecule has 2 aromatic carbocycles. The van der Waals surface area contributed by atoms with Crippen molar-refractivity contribution in [2.24, 2.45) is 5.41 Å². The second kappa shape index (κ2) is 12.4. The van der Waals surface area contributed by atoms with Gasteiger partial charge in [-0.1, -0.05) is 0 Å². The Morgan fingerprint density at radius 3 is 2.42 bits per heavy atom. The number of hydrogen-bond acceptors (Lipinski definition) is 5. The number of hydrogen-bond donors (Lipinski definition) is 3. The van der Waals surface area contributed by atoms with Crippen molar-refractivity contribution in [3.8, 4) is 5.75 Å². The van der Waals surface area contributed by atoms with Crippen LogP contribution in [-0.2, 0) is 13.1 Å². The van der Waals surface area contributed by atoms with Crippen molar-refractivity contribution in [2.75, 3.05) is 20.2 Å². The quantitative estimate of drug-likeness (QED) is 0.275. The number of piperidine rings is 1. The molecule has 3 aromatic rings. The lowest BCUT2D eigenvalue weighted by molar-refractivity contribution is -0.0210. The Morgan fingerprint density at radius 1 is 1.05 bits per heavy atom. The summed E-state index contributed by atoms with van der Waals surface area (Å²) in [7, 11) is 1.53. The molecule has 2 heterocycles. The van der Waals surface area contributed by atoms with Crippen LogP contribution in [0, 0.1) is 22.9 Å². The molecule has 2 atom stereocenters. The van der Waals surface area contributed by atoms with Gasteiger partial charge < -0.3 is 20.3 Å². The number of nitrogens with one attached hydrogen (secondary N) is 1. The number of benzene rings is 2. The van der Waals surface area contributed by atoms with E-state index in [4.69, 9.17) is 4.74 Å². The Balaban J connectivity index is 1.49. The highest BCUT2D eigenvalue weighted by Gasteiger charge is 2.39. The number of methoxy groups -OCH3 is 1. The van der Waals surface area contributed by atoms with Crippen LogP contribution in [0.25, 0.3) is 10.9 Å². The van der Waals surface area contributed by atoms with Crippen LogP contribution in [0.2, 0.25) is 0 Å². The van der Waals surface area contributed by atoms with Crippen molar-refractivity contribution < 1.29 is 32.5 Å². The number of rotatable bonds is 11. The van der Waals surface area contributed by atoms with Gasteiger partial charge in [-0.15, -0.1) is 0 Å². The van der Waals surface area contributed by atoms with Crippen LogP contribution in [0.1, 0.15) is 61.3 Å². The van der Waals surface area contributed by atoms with Gasteiger partial charge in [0, 0.05) is 34.8 Å². The molecule has 0 unspecified atom stereocenters. The van der Waals surface area contributed by atoms with Gasteiger partial charge in [0.25, 0.3) is 0 Å². The first-order chi connectivity index (χ1) is 18.3. The molecule has 1 aliphatic rings. The largest absolute Gasteiger partial charge is 0.497 e. The molecule has 38 heavy (non-hydrogen) atoms. The summed E-state index contributed by atoms with van der Waals surface area (Å²) < 4.78 is 60.5. The van der Waals surface area contributed by atoms with E-state index < -0.39 is 41.7 Å². The first-order valence-electron chi connectivity index (χ1n) is 13.0. The van der Waals surface area contributed by atoms with E-state index in [-0.39, 0.29) is 12.0 Å². The Bertz CT molecular complexity index is 1220. The van der Waals surface area contributed by atoms with Crippen LogP contribution < -0.4 is 10.1 Å². The molecule has 0 aliphatic carbocycles. The summed E-state index contributed by atoms with van der Waals surface area (Å²) in [6.45, 7) is 0.611. The molecule has 1 fully saturated rings. The van der Waals surface area contributed by atoms with E-state index in [0.717, 1.165) is 0 Å². The SMILES string of the molecule is COc1ccc2ncc(CF)c([C@H](O)CCC3([C@@H](O)CCCc4c(F)cc(F)cc4F)CCNCC3)c2c1. The van der Waals surface area contributed by atoms with Crippen molar-refractivity contribution in [1.29, 1.82) is 0 Å². The maximum absolute atomic E-state index is 14.0. The molecule has 3 N–H and O–H groups in total. The molecule has 4 rings (SSSR count). The third kappa shape index (κ3) is 6.11. The van der Waals surface area contributed by atoms with Crippen LogP contribution in [0.4, 0.5) is 17.6 Å². The number of aliphatic hydroxyl groups excluding tert-OH is 2. The number of ether oxygens (including phenoxy) is 1. The number of aliphatic hydroxyl groups is 2. The fraction of sp³-hybridized carbons (Fsp3) is 0.483. The number of alkyl halides is 1. The van der Waals surface area contributed by atoms with Gasteiger partial charge in [0.05, 0.1) is 24.8 Å². The average molecular weight is 535 g/mol. The van der Waals surface area contributed by atoms with Gasteiger partial charge in [-0.2, -0.15) is 0 Å². The monoisotopic (exact) mass is 534 g/mol. The summed E-state index contributed by atoms with van der Waals surface area (Å²) in [5.74, 6) is -2.25. The second-order valence-corrected chi connectivity index (χ2v) is 10.1. The maximum atomic E-state index is 14.0. The van der Waals surface area contributed by atoms with Crippen molar-refractivity contribution in [2.45, 2.75) is 63.8 Å². The van der Waals surface area contributed by atoms with E-state index in [1.165, 1.54) is 13.3 Å². The fourth-order valence-corrected chi connectivity index (χ4v) is 5.69. The molecule has 0 saturated carbocycles. The molecule has 1 aromatic heterocycles. The van der Waals surface area contributed by atoms with Gasteiger partial charge >= 0.3 is 0 Å². The predicted octanol–water partition coefficient (Wildman–Crippen LogP) is 5.70. The molecule has 0 amide bonds. The highest BCUT2D eigenvalue weighted by Crippen LogP contribution is 2.42. The first kappa shape index (κ1) is 28.3. The van der Waals surface area contributed by atoms with Gasteiger partial charge in [-0.25, -0.2) is 17.6 Å². The molecular formula is C29H34F4N2O3. The van der Waals surface area contributed by atoms with Crippen molar-refractivity contribution in [3.63, 3.8) is 0 Å². The summed E-state index contributed by atoms with van der Waals surface area (Å²) in [5, 5.41) is 26.5. The summed E-state index contributed by atoms with van der Waals surface area (Å²) in [6.07, 6.45) is 2.46. The number of aromatic nitrogens is 1.